The zero-order valence-electron chi connectivity index (χ0n) is 14.0. The fraction of sp³-hybridized carbons (Fsp3) is 0.500. The van der Waals surface area contributed by atoms with Crippen molar-refractivity contribution < 1.29 is 26.5 Å². The monoisotopic (exact) mass is 446 g/mol. The van der Waals surface area contributed by atoms with E-state index in [1.807, 2.05) is 13.8 Å². The molecule has 0 bridgehead atoms. The van der Waals surface area contributed by atoms with Crippen LogP contribution < -0.4 is 0 Å². The first-order valence-corrected chi connectivity index (χ1v) is 13.4. The summed E-state index contributed by atoms with van der Waals surface area (Å²) < 4.78 is 70.9. The maximum absolute atomic E-state index is 14.0. The van der Waals surface area contributed by atoms with Gasteiger partial charge in [0.25, 0.3) is 0 Å². The van der Waals surface area contributed by atoms with Crippen LogP contribution in [0.3, 0.4) is 0 Å². The summed E-state index contributed by atoms with van der Waals surface area (Å²) in [5.41, 5.74) is 1.04. The minimum absolute atomic E-state index is 0.234. The molecule has 1 unspecified atom stereocenters. The summed E-state index contributed by atoms with van der Waals surface area (Å²) in [6, 6.07) is 0. The molecule has 4 atom stereocenters. The third kappa shape index (κ3) is 3.50. The molecule has 144 valence electrons. The van der Waals surface area contributed by atoms with Gasteiger partial charge in [-0.15, -0.1) is 0 Å². The maximum Gasteiger partial charge on any atom is 0.200 e. The summed E-state index contributed by atoms with van der Waals surface area (Å²) in [6.07, 6.45) is 2.15. The van der Waals surface area contributed by atoms with Crippen molar-refractivity contribution in [1.29, 1.82) is 0 Å². The fourth-order valence-corrected chi connectivity index (χ4v) is 14.9. The minimum Gasteiger partial charge on any atom is -0.329 e. The number of fused-ring (bicyclic) bond motifs is 1. The molecule has 1 nitrogen and oxygen atoms in total. The summed E-state index contributed by atoms with van der Waals surface area (Å²) in [5.74, 6) is -9.56. The van der Waals surface area contributed by atoms with E-state index in [1.165, 1.54) is 11.4 Å². The van der Waals surface area contributed by atoms with Gasteiger partial charge in [0.15, 0.2) is 27.9 Å². The first-order chi connectivity index (χ1) is 12.0. The quantitative estimate of drug-likeness (QED) is 0.163. The van der Waals surface area contributed by atoms with Crippen LogP contribution in [0.2, 0.25) is 0 Å². The number of hydrogen-bond donors (Lipinski definition) is 0. The second kappa shape index (κ2) is 7.07. The lowest BCUT2D eigenvalue weighted by molar-refractivity contribution is 0.129. The molecule has 3 rings (SSSR count). The molecule has 1 saturated heterocycles. The Kier molecular flexibility index (Phi) is 5.61. The summed E-state index contributed by atoms with van der Waals surface area (Å²) >= 11 is 7.27. The van der Waals surface area contributed by atoms with Gasteiger partial charge in [0.2, 0.25) is 5.82 Å². The molecule has 1 heterocycles. The van der Waals surface area contributed by atoms with Gasteiger partial charge >= 0.3 is 0 Å². The number of hydrogen-bond acceptors (Lipinski definition) is 4. The maximum atomic E-state index is 14.0. The Morgan fingerprint density at radius 3 is 2.27 bits per heavy atom. The van der Waals surface area contributed by atoms with Crippen molar-refractivity contribution in [2.24, 2.45) is 5.92 Å². The van der Waals surface area contributed by atoms with E-state index in [4.69, 9.17) is 16.3 Å². The molecule has 1 aliphatic carbocycles. The molecule has 1 saturated carbocycles. The van der Waals surface area contributed by atoms with Gasteiger partial charge < -0.3 is 4.52 Å². The van der Waals surface area contributed by atoms with Crippen LogP contribution in [0.15, 0.2) is 17.0 Å². The normalized spacial score (nSPS) is 34.0. The van der Waals surface area contributed by atoms with Crippen LogP contribution in [0, 0.1) is 35.0 Å². The van der Waals surface area contributed by atoms with Crippen molar-refractivity contribution in [1.82, 2.24) is 0 Å². The predicted octanol–water partition coefficient (Wildman–Crippen LogP) is 6.97. The summed E-state index contributed by atoms with van der Waals surface area (Å²) in [7, 11) is 0. The van der Waals surface area contributed by atoms with Gasteiger partial charge in [-0.25, -0.2) is 22.0 Å². The number of halogens is 5. The van der Waals surface area contributed by atoms with Crippen molar-refractivity contribution in [3.05, 3.63) is 41.2 Å². The first-order valence-electron chi connectivity index (χ1n) is 7.83. The van der Waals surface area contributed by atoms with Crippen molar-refractivity contribution in [2.45, 2.75) is 48.9 Å². The van der Waals surface area contributed by atoms with Gasteiger partial charge in [0, 0.05) is 4.75 Å². The van der Waals surface area contributed by atoms with E-state index in [2.05, 4.69) is 6.58 Å². The Labute approximate surface area is 161 Å². The lowest BCUT2D eigenvalue weighted by Gasteiger charge is -2.37. The molecule has 0 N–H and O–H groups in total. The van der Waals surface area contributed by atoms with Gasteiger partial charge in [-0.05, 0) is 62.2 Å². The van der Waals surface area contributed by atoms with Gasteiger partial charge in [-0.3, -0.25) is 0 Å². The Morgan fingerprint density at radius 2 is 1.73 bits per heavy atom. The lowest BCUT2D eigenvalue weighted by Crippen LogP contribution is -2.39. The molecule has 1 aliphatic heterocycles. The molecule has 0 amide bonds. The van der Waals surface area contributed by atoms with Crippen molar-refractivity contribution in [3.63, 3.8) is 0 Å². The molecule has 1 aromatic carbocycles. The molecule has 2 fully saturated rings. The van der Waals surface area contributed by atoms with E-state index >= 15 is 0 Å². The van der Waals surface area contributed by atoms with Crippen molar-refractivity contribution in [2.75, 3.05) is 0 Å². The zero-order chi connectivity index (χ0) is 19.4. The topological polar surface area (TPSA) is 9.23 Å². The second-order valence-electron chi connectivity index (χ2n) is 6.75. The van der Waals surface area contributed by atoms with Crippen LogP contribution in [0.1, 0.15) is 33.1 Å². The highest BCUT2D eigenvalue weighted by Gasteiger charge is 2.53. The summed E-state index contributed by atoms with van der Waals surface area (Å²) in [4.78, 5) is -0.962. The molecule has 0 spiro atoms. The van der Waals surface area contributed by atoms with Crippen molar-refractivity contribution in [3.8, 4) is 0 Å². The Bertz CT molecular complexity index is 804. The Balaban J connectivity index is 1.91. The number of rotatable bonds is 3. The fourth-order valence-electron chi connectivity index (χ4n) is 3.20. The highest BCUT2D eigenvalue weighted by Crippen LogP contribution is 2.82. The zero-order valence-corrected chi connectivity index (χ0v) is 17.3. The minimum atomic E-state index is -2.93. The van der Waals surface area contributed by atoms with Crippen molar-refractivity contribution >= 4 is 39.2 Å². The van der Waals surface area contributed by atoms with E-state index < -0.39 is 38.7 Å². The van der Waals surface area contributed by atoms with Crippen LogP contribution in [-0.4, -0.2) is 10.9 Å². The highest BCUT2D eigenvalue weighted by molar-refractivity contribution is 8.99. The lowest BCUT2D eigenvalue weighted by atomic mass is 9.77. The highest BCUT2D eigenvalue weighted by atomic mass is 33.2. The third-order valence-corrected chi connectivity index (χ3v) is 13.8. The second-order valence-corrected chi connectivity index (χ2v) is 17.4. The average Bonchev–Trinajstić information content (AvgIpc) is 2.84. The van der Waals surface area contributed by atoms with Crippen LogP contribution in [0.4, 0.5) is 22.0 Å². The number of benzene rings is 1. The summed E-state index contributed by atoms with van der Waals surface area (Å²) in [6.45, 7) is 7.88. The molecule has 2 aliphatic rings. The van der Waals surface area contributed by atoms with Gasteiger partial charge in [0.05, 0.1) is 11.0 Å². The largest absolute Gasteiger partial charge is 0.329 e. The summed E-state index contributed by atoms with van der Waals surface area (Å²) in [5, 5.41) is 0. The SMILES string of the molecule is C=C(C)[C@@H]1CCC2(C)S[P@](=S)(Sc3c(F)c(F)c(F)c(F)c3F)O[C@H]2C1. The molecular weight excluding hydrogens is 430 g/mol. The Hall–Kier alpha value is -0.0800. The first kappa shape index (κ1) is 20.6. The molecule has 10 heteroatoms. The molecule has 26 heavy (non-hydrogen) atoms. The van der Waals surface area contributed by atoms with Gasteiger partial charge in [-0.2, -0.15) is 0 Å². The molecule has 0 aromatic heterocycles. The standard InChI is InChI=1S/C16H16F5OPS3/c1-7(2)8-4-5-16(3)9(6-8)22-23(24,26-16)25-15-13(20)11(18)10(17)12(19)14(15)21/h8-9H,1,4-6H2,2-3H3/t8-,9+,16?,23-/m1/s1. The third-order valence-electron chi connectivity index (χ3n) is 4.82. The van der Waals surface area contributed by atoms with Crippen LogP contribution in [0.5, 0.6) is 0 Å². The molecule has 1 aromatic rings. The molecular formula is C16H16F5OPS3. The predicted molar refractivity (Wildman–Crippen MR) is 99.4 cm³/mol. The van der Waals surface area contributed by atoms with E-state index in [9.17, 15) is 22.0 Å². The van der Waals surface area contributed by atoms with Gasteiger partial charge in [0.1, 0.15) is 0 Å². The van der Waals surface area contributed by atoms with E-state index in [0.717, 1.165) is 18.4 Å². The number of allylic oxidation sites excluding steroid dienone is 1. The average molecular weight is 446 g/mol. The Morgan fingerprint density at radius 1 is 1.19 bits per heavy atom. The van der Waals surface area contributed by atoms with E-state index in [1.54, 1.807) is 0 Å². The van der Waals surface area contributed by atoms with E-state index in [0.29, 0.717) is 17.8 Å². The van der Waals surface area contributed by atoms with Crippen LogP contribution in [0.25, 0.3) is 0 Å². The van der Waals surface area contributed by atoms with Crippen LogP contribution >= 0.6 is 27.4 Å². The smallest absolute Gasteiger partial charge is 0.200 e. The van der Waals surface area contributed by atoms with Crippen LogP contribution in [-0.2, 0) is 16.3 Å². The van der Waals surface area contributed by atoms with E-state index in [-0.39, 0.29) is 16.8 Å². The van der Waals surface area contributed by atoms with Gasteiger partial charge in [-0.1, -0.05) is 23.5 Å². The molecule has 0 radical (unpaired) electrons.